The van der Waals surface area contributed by atoms with Crippen molar-refractivity contribution in [3.63, 3.8) is 0 Å². The summed E-state index contributed by atoms with van der Waals surface area (Å²) in [6, 6.07) is 39.4. The monoisotopic (exact) mass is 409 g/mol. The molecule has 140 valence electrons. The molecule has 0 spiro atoms. The molecule has 1 atom stereocenters. The van der Waals surface area contributed by atoms with Crippen molar-refractivity contribution in [2.45, 2.75) is 21.6 Å². The normalized spacial score (nSPS) is 15.4. The molecule has 4 aromatic rings. The van der Waals surface area contributed by atoms with E-state index in [-0.39, 0.29) is 10.9 Å². The molecular weight excluding hydrogens is 388 g/mol. The summed E-state index contributed by atoms with van der Waals surface area (Å²) in [6.45, 7) is 2.15. The van der Waals surface area contributed by atoms with E-state index in [1.807, 2.05) is 11.8 Å². The predicted molar refractivity (Wildman–Crippen MR) is 127 cm³/mol. The maximum Gasteiger partial charge on any atom is 0.231 e. The zero-order chi connectivity index (χ0) is 19.6. The van der Waals surface area contributed by atoms with E-state index in [1.165, 1.54) is 41.2 Å². The molecule has 0 aromatic heterocycles. The molecule has 0 saturated carbocycles. The van der Waals surface area contributed by atoms with Gasteiger partial charge in [-0.3, -0.25) is 0 Å². The van der Waals surface area contributed by atoms with Crippen molar-refractivity contribution in [3.8, 4) is 0 Å². The molecule has 0 fully saturated rings. The molecule has 1 aliphatic rings. The quantitative estimate of drug-likeness (QED) is 0.305. The van der Waals surface area contributed by atoms with Crippen LogP contribution < -0.4 is 0 Å². The Bertz CT molecular complexity index is 1160. The molecule has 0 nitrogen and oxygen atoms in total. The largest absolute Gasteiger partial charge is 0.231 e. The minimum atomic E-state index is 0.0386. The first-order valence-electron chi connectivity index (χ1n) is 9.74. The average molecular weight is 410 g/mol. The van der Waals surface area contributed by atoms with Crippen LogP contribution in [0, 0.1) is 6.92 Å². The standard InChI is InChI=1S/C27H21S2/c1-20-16-18-21(19-17-20)26-27(29(26)23-12-6-3-7-13-23)24-14-8-9-15-25(24)28-22-10-4-2-5-11-22/h2-19H,1H3/q+1. The van der Waals surface area contributed by atoms with Gasteiger partial charge in [-0.25, -0.2) is 0 Å². The second kappa shape index (κ2) is 7.98. The van der Waals surface area contributed by atoms with Crippen LogP contribution in [-0.4, -0.2) is 0 Å². The Balaban J connectivity index is 1.59. The van der Waals surface area contributed by atoms with Crippen LogP contribution in [0.5, 0.6) is 0 Å². The summed E-state index contributed by atoms with van der Waals surface area (Å²) in [5.74, 6) is 0. The molecule has 0 aliphatic carbocycles. The number of hydrogen-bond donors (Lipinski definition) is 0. The van der Waals surface area contributed by atoms with E-state index in [0.717, 1.165) is 0 Å². The van der Waals surface area contributed by atoms with Gasteiger partial charge in [-0.2, -0.15) is 0 Å². The van der Waals surface area contributed by atoms with Gasteiger partial charge in [-0.1, -0.05) is 78.0 Å². The third kappa shape index (κ3) is 3.78. The Morgan fingerprint density at radius 2 is 1.21 bits per heavy atom. The highest BCUT2D eigenvalue weighted by atomic mass is 32.2. The highest BCUT2D eigenvalue weighted by Crippen LogP contribution is 2.58. The summed E-state index contributed by atoms with van der Waals surface area (Å²) in [4.78, 5) is 6.97. The van der Waals surface area contributed by atoms with Crippen LogP contribution in [0.3, 0.4) is 0 Å². The Hall–Kier alpha value is -2.68. The Morgan fingerprint density at radius 1 is 0.586 bits per heavy atom. The van der Waals surface area contributed by atoms with Crippen LogP contribution in [0.4, 0.5) is 0 Å². The number of hydrogen-bond acceptors (Lipinski definition) is 1. The van der Waals surface area contributed by atoms with Crippen LogP contribution in [0.2, 0.25) is 0 Å². The molecule has 0 radical (unpaired) electrons. The lowest BCUT2D eigenvalue weighted by Crippen LogP contribution is -1.89. The fraction of sp³-hybridized carbons (Fsp3) is 0.0370. The molecule has 29 heavy (non-hydrogen) atoms. The highest BCUT2D eigenvalue weighted by molar-refractivity contribution is 8.23. The van der Waals surface area contributed by atoms with Crippen molar-refractivity contribution < 1.29 is 0 Å². The van der Waals surface area contributed by atoms with Gasteiger partial charge < -0.3 is 0 Å². The van der Waals surface area contributed by atoms with Gasteiger partial charge in [-0.15, -0.1) is 0 Å². The van der Waals surface area contributed by atoms with Crippen LogP contribution >= 0.6 is 11.8 Å². The zero-order valence-electron chi connectivity index (χ0n) is 16.2. The lowest BCUT2D eigenvalue weighted by molar-refractivity contribution is 1.38. The first-order chi connectivity index (χ1) is 14.3. The topological polar surface area (TPSA) is 0 Å². The smallest absolute Gasteiger partial charge is 0.0893 e. The van der Waals surface area contributed by atoms with Crippen LogP contribution in [0.15, 0.2) is 124 Å². The fourth-order valence-corrected chi connectivity index (χ4v) is 6.84. The second-order valence-electron chi connectivity index (χ2n) is 7.05. The average Bonchev–Trinajstić information content (AvgIpc) is 3.51. The third-order valence-corrected chi connectivity index (χ3v) is 8.27. The summed E-state index contributed by atoms with van der Waals surface area (Å²) < 4.78 is 0. The number of benzene rings is 4. The van der Waals surface area contributed by atoms with Gasteiger partial charge >= 0.3 is 0 Å². The minimum absolute atomic E-state index is 0.0386. The van der Waals surface area contributed by atoms with Crippen molar-refractivity contribution in [2.24, 2.45) is 0 Å². The van der Waals surface area contributed by atoms with E-state index in [2.05, 4.69) is 116 Å². The summed E-state index contributed by atoms with van der Waals surface area (Å²) in [6.07, 6.45) is 0. The maximum atomic E-state index is 2.28. The van der Waals surface area contributed by atoms with E-state index in [9.17, 15) is 0 Å². The van der Waals surface area contributed by atoms with E-state index in [4.69, 9.17) is 0 Å². The number of aryl methyl sites for hydroxylation is 1. The van der Waals surface area contributed by atoms with Crippen LogP contribution in [0.1, 0.15) is 16.7 Å². The van der Waals surface area contributed by atoms with Crippen molar-refractivity contribution in [3.05, 3.63) is 126 Å². The zero-order valence-corrected chi connectivity index (χ0v) is 17.8. The first kappa shape index (κ1) is 18.4. The fourth-order valence-electron chi connectivity index (χ4n) is 3.49. The first-order valence-corrected chi connectivity index (χ1v) is 11.8. The molecule has 0 amide bonds. The molecule has 1 heterocycles. The van der Waals surface area contributed by atoms with Crippen molar-refractivity contribution in [2.75, 3.05) is 0 Å². The Morgan fingerprint density at radius 3 is 1.93 bits per heavy atom. The van der Waals surface area contributed by atoms with Gasteiger partial charge in [0.15, 0.2) is 4.90 Å². The van der Waals surface area contributed by atoms with E-state index >= 15 is 0 Å². The highest BCUT2D eigenvalue weighted by Gasteiger charge is 2.55. The minimum Gasteiger partial charge on any atom is -0.0893 e. The van der Waals surface area contributed by atoms with E-state index < -0.39 is 0 Å². The van der Waals surface area contributed by atoms with E-state index in [0.29, 0.717) is 0 Å². The molecule has 5 rings (SSSR count). The summed E-state index contributed by atoms with van der Waals surface area (Å²) in [5.41, 5.74) is 4.01. The van der Waals surface area contributed by atoms with Crippen molar-refractivity contribution >= 4 is 32.5 Å². The Labute approximate surface area is 179 Å². The van der Waals surface area contributed by atoms with Gasteiger partial charge in [0, 0.05) is 20.9 Å². The lowest BCUT2D eigenvalue weighted by atomic mass is 10.1. The summed E-state index contributed by atoms with van der Waals surface area (Å²) >= 11 is 1.85. The molecule has 4 aromatic carbocycles. The summed E-state index contributed by atoms with van der Waals surface area (Å²) in [7, 11) is 0.0386. The molecular formula is C27H21S2+. The molecule has 0 N–H and O–H groups in total. The predicted octanol–water partition coefficient (Wildman–Crippen LogP) is 7.66. The van der Waals surface area contributed by atoms with Gasteiger partial charge in [0.2, 0.25) is 9.81 Å². The van der Waals surface area contributed by atoms with Crippen molar-refractivity contribution in [1.82, 2.24) is 0 Å². The Kier molecular flexibility index (Phi) is 5.05. The van der Waals surface area contributed by atoms with Gasteiger partial charge in [0.05, 0.1) is 0 Å². The summed E-state index contributed by atoms with van der Waals surface area (Å²) in [5, 5.41) is 0. The van der Waals surface area contributed by atoms with Gasteiger partial charge in [0.1, 0.15) is 10.9 Å². The van der Waals surface area contributed by atoms with Crippen molar-refractivity contribution in [1.29, 1.82) is 0 Å². The number of rotatable bonds is 5. The maximum absolute atomic E-state index is 2.28. The van der Waals surface area contributed by atoms with Crippen LogP contribution in [0.25, 0.3) is 9.81 Å². The third-order valence-electron chi connectivity index (χ3n) is 4.97. The van der Waals surface area contributed by atoms with Crippen LogP contribution in [-0.2, 0) is 10.9 Å². The molecule has 2 heteroatoms. The lowest BCUT2D eigenvalue weighted by Gasteiger charge is -2.04. The molecule has 0 saturated heterocycles. The molecule has 1 aliphatic heterocycles. The molecule has 0 bridgehead atoms. The second-order valence-corrected chi connectivity index (χ2v) is 10.1. The van der Waals surface area contributed by atoms with Gasteiger partial charge in [-0.05, 0) is 55.5 Å². The SMILES string of the molecule is Cc1ccc(C2=C(c3ccccc3Sc3ccccc3)[S+]2c2ccccc2)cc1. The van der Waals surface area contributed by atoms with Gasteiger partial charge in [0.25, 0.3) is 0 Å². The molecule has 1 unspecified atom stereocenters. The van der Waals surface area contributed by atoms with E-state index in [1.54, 1.807) is 0 Å².